The SMILES string of the molecule is CCNC(=NCC(c1cccs1)N1CCCC1)NCCCCSC.I. The van der Waals surface area contributed by atoms with Gasteiger partial charge < -0.3 is 10.6 Å². The average molecular weight is 497 g/mol. The number of aliphatic imine (C=N–C) groups is 1. The molecular weight excluding hydrogens is 463 g/mol. The highest BCUT2D eigenvalue weighted by molar-refractivity contribution is 14.0. The fourth-order valence-corrected chi connectivity index (χ4v) is 4.36. The minimum absolute atomic E-state index is 0. The number of unbranched alkanes of at least 4 members (excludes halogenated alkanes) is 1. The summed E-state index contributed by atoms with van der Waals surface area (Å²) in [6, 6.07) is 4.84. The van der Waals surface area contributed by atoms with Gasteiger partial charge in [0.05, 0.1) is 12.6 Å². The molecule has 2 N–H and O–H groups in total. The van der Waals surface area contributed by atoms with Crippen molar-refractivity contribution in [3.63, 3.8) is 0 Å². The van der Waals surface area contributed by atoms with Crippen LogP contribution >= 0.6 is 47.1 Å². The average Bonchev–Trinajstić information content (AvgIpc) is 3.29. The Hall–Kier alpha value is 0.01000. The third-order valence-corrected chi connectivity index (χ3v) is 5.96. The van der Waals surface area contributed by atoms with Crippen LogP contribution < -0.4 is 10.6 Å². The second-order valence-corrected chi connectivity index (χ2v) is 8.09. The number of hydrogen-bond acceptors (Lipinski definition) is 4. The Kier molecular flexibility index (Phi) is 13.0. The first-order chi connectivity index (χ1) is 11.8. The molecule has 0 amide bonds. The monoisotopic (exact) mass is 496 g/mol. The zero-order chi connectivity index (χ0) is 17.0. The van der Waals surface area contributed by atoms with Gasteiger partial charge in [0.2, 0.25) is 0 Å². The van der Waals surface area contributed by atoms with Gasteiger partial charge in [-0.25, -0.2) is 0 Å². The number of thioether (sulfide) groups is 1. The number of guanidine groups is 1. The van der Waals surface area contributed by atoms with E-state index in [1.54, 1.807) is 0 Å². The Morgan fingerprint density at radius 3 is 2.76 bits per heavy atom. The highest BCUT2D eigenvalue weighted by atomic mass is 127. The summed E-state index contributed by atoms with van der Waals surface area (Å²) < 4.78 is 0. The van der Waals surface area contributed by atoms with Crippen LogP contribution in [0.15, 0.2) is 22.5 Å². The molecule has 1 aromatic rings. The molecule has 1 unspecified atom stereocenters. The van der Waals surface area contributed by atoms with Crippen LogP contribution in [0, 0.1) is 0 Å². The van der Waals surface area contributed by atoms with Crippen LogP contribution in [0.5, 0.6) is 0 Å². The molecule has 1 fully saturated rings. The summed E-state index contributed by atoms with van der Waals surface area (Å²) in [6.45, 7) is 7.28. The molecule has 0 spiro atoms. The molecular formula is C18H33IN4S2. The van der Waals surface area contributed by atoms with E-state index in [1.807, 2.05) is 23.1 Å². The predicted octanol–water partition coefficient (Wildman–Crippen LogP) is 4.20. The van der Waals surface area contributed by atoms with Crippen LogP contribution in [0.25, 0.3) is 0 Å². The van der Waals surface area contributed by atoms with Gasteiger partial charge in [0.25, 0.3) is 0 Å². The van der Waals surface area contributed by atoms with Gasteiger partial charge in [-0.2, -0.15) is 11.8 Å². The number of thiophene rings is 1. The van der Waals surface area contributed by atoms with Crippen molar-refractivity contribution in [2.24, 2.45) is 4.99 Å². The summed E-state index contributed by atoms with van der Waals surface area (Å²) in [5.74, 6) is 2.20. The summed E-state index contributed by atoms with van der Waals surface area (Å²) in [4.78, 5) is 8.92. The van der Waals surface area contributed by atoms with E-state index in [4.69, 9.17) is 4.99 Å². The van der Waals surface area contributed by atoms with Crippen LogP contribution in [-0.2, 0) is 0 Å². The van der Waals surface area contributed by atoms with Crippen molar-refractivity contribution >= 4 is 53.0 Å². The van der Waals surface area contributed by atoms with E-state index in [1.165, 1.54) is 49.4 Å². The molecule has 2 rings (SSSR count). The standard InChI is InChI=1S/C18H32N4S2.HI/c1-3-19-18(20-10-4-7-13-23-2)21-15-16(17-9-8-14-24-17)22-11-5-6-12-22;/h8-9,14,16H,3-7,10-13,15H2,1-2H3,(H2,19,20,21);1H. The highest BCUT2D eigenvalue weighted by Crippen LogP contribution is 2.28. The molecule has 1 saturated heterocycles. The molecule has 25 heavy (non-hydrogen) atoms. The molecule has 1 aliphatic rings. The second-order valence-electron chi connectivity index (χ2n) is 6.12. The molecule has 1 aliphatic heterocycles. The van der Waals surface area contributed by atoms with Crippen molar-refractivity contribution in [1.29, 1.82) is 0 Å². The number of halogens is 1. The van der Waals surface area contributed by atoms with Crippen molar-refractivity contribution in [3.05, 3.63) is 22.4 Å². The first-order valence-electron chi connectivity index (χ1n) is 9.13. The lowest BCUT2D eigenvalue weighted by atomic mass is 10.2. The summed E-state index contributed by atoms with van der Waals surface area (Å²) in [5.41, 5.74) is 0. The van der Waals surface area contributed by atoms with Gasteiger partial charge in [-0.15, -0.1) is 35.3 Å². The molecule has 0 radical (unpaired) electrons. The molecule has 2 heterocycles. The molecule has 4 nitrogen and oxygen atoms in total. The van der Waals surface area contributed by atoms with E-state index >= 15 is 0 Å². The minimum atomic E-state index is 0. The van der Waals surface area contributed by atoms with Crippen molar-refractivity contribution < 1.29 is 0 Å². The topological polar surface area (TPSA) is 39.7 Å². The van der Waals surface area contributed by atoms with Gasteiger partial charge in [-0.1, -0.05) is 6.07 Å². The van der Waals surface area contributed by atoms with Crippen LogP contribution in [0.2, 0.25) is 0 Å². The summed E-state index contributed by atoms with van der Waals surface area (Å²) >= 11 is 3.78. The van der Waals surface area contributed by atoms with E-state index in [-0.39, 0.29) is 24.0 Å². The zero-order valence-corrected chi connectivity index (χ0v) is 19.5. The fourth-order valence-electron chi connectivity index (χ4n) is 3.02. The van der Waals surface area contributed by atoms with Crippen LogP contribution in [0.4, 0.5) is 0 Å². The fraction of sp³-hybridized carbons (Fsp3) is 0.722. The van der Waals surface area contributed by atoms with Gasteiger partial charge in [0.15, 0.2) is 5.96 Å². The summed E-state index contributed by atoms with van der Waals surface area (Å²) in [7, 11) is 0. The first-order valence-corrected chi connectivity index (χ1v) is 11.4. The van der Waals surface area contributed by atoms with Gasteiger partial charge in [0.1, 0.15) is 0 Å². The van der Waals surface area contributed by atoms with E-state index in [0.717, 1.165) is 25.6 Å². The van der Waals surface area contributed by atoms with E-state index in [9.17, 15) is 0 Å². The Morgan fingerprint density at radius 1 is 1.32 bits per heavy atom. The Labute approximate surface area is 178 Å². The lowest BCUT2D eigenvalue weighted by Gasteiger charge is -2.25. The number of hydrogen-bond donors (Lipinski definition) is 2. The minimum Gasteiger partial charge on any atom is -0.357 e. The lowest BCUT2D eigenvalue weighted by Crippen LogP contribution is -2.38. The van der Waals surface area contributed by atoms with Gasteiger partial charge in [-0.3, -0.25) is 9.89 Å². The van der Waals surface area contributed by atoms with Crippen LogP contribution in [-0.4, -0.2) is 55.6 Å². The second kappa shape index (κ2) is 14.1. The van der Waals surface area contributed by atoms with Crippen molar-refractivity contribution in [1.82, 2.24) is 15.5 Å². The Bertz CT molecular complexity index is 462. The molecule has 1 aromatic heterocycles. The molecule has 0 aliphatic carbocycles. The molecule has 0 saturated carbocycles. The Balaban J connectivity index is 0.00000312. The van der Waals surface area contributed by atoms with Crippen LogP contribution in [0.1, 0.15) is 43.5 Å². The molecule has 144 valence electrons. The third kappa shape index (κ3) is 8.49. The smallest absolute Gasteiger partial charge is 0.191 e. The first kappa shape index (κ1) is 23.0. The van der Waals surface area contributed by atoms with Crippen LogP contribution in [0.3, 0.4) is 0 Å². The number of likely N-dealkylation sites (tertiary alicyclic amines) is 1. The molecule has 0 aromatic carbocycles. The largest absolute Gasteiger partial charge is 0.357 e. The maximum absolute atomic E-state index is 4.89. The van der Waals surface area contributed by atoms with Gasteiger partial charge >= 0.3 is 0 Å². The predicted molar refractivity (Wildman–Crippen MR) is 125 cm³/mol. The van der Waals surface area contributed by atoms with E-state index in [2.05, 4.69) is 46.2 Å². The molecule has 7 heteroatoms. The maximum atomic E-state index is 4.89. The van der Waals surface area contributed by atoms with E-state index < -0.39 is 0 Å². The zero-order valence-electron chi connectivity index (χ0n) is 15.5. The van der Waals surface area contributed by atoms with Crippen molar-refractivity contribution in [3.8, 4) is 0 Å². The molecule has 1 atom stereocenters. The van der Waals surface area contributed by atoms with Crippen molar-refractivity contribution in [2.75, 3.05) is 44.7 Å². The third-order valence-electron chi connectivity index (χ3n) is 4.29. The highest BCUT2D eigenvalue weighted by Gasteiger charge is 2.24. The van der Waals surface area contributed by atoms with Gasteiger partial charge in [0, 0.05) is 18.0 Å². The molecule has 0 bridgehead atoms. The summed E-state index contributed by atoms with van der Waals surface area (Å²) in [5, 5.41) is 9.05. The van der Waals surface area contributed by atoms with E-state index in [0.29, 0.717) is 6.04 Å². The quantitative estimate of drug-likeness (QED) is 0.221. The van der Waals surface area contributed by atoms with Gasteiger partial charge in [-0.05, 0) is 69.2 Å². The Morgan fingerprint density at radius 2 is 2.12 bits per heavy atom. The maximum Gasteiger partial charge on any atom is 0.191 e. The number of rotatable bonds is 10. The summed E-state index contributed by atoms with van der Waals surface area (Å²) in [6.07, 6.45) is 7.27. The number of nitrogens with one attached hydrogen (secondary N) is 2. The lowest BCUT2D eigenvalue weighted by molar-refractivity contribution is 0.255. The van der Waals surface area contributed by atoms with Crippen molar-refractivity contribution in [2.45, 2.75) is 38.6 Å². The number of nitrogens with zero attached hydrogens (tertiary/aromatic N) is 2. The normalized spacial score (nSPS) is 16.5.